The Morgan fingerprint density at radius 3 is 2.67 bits per heavy atom. The highest BCUT2D eigenvalue weighted by Crippen LogP contribution is 2.44. The molecule has 1 aromatic heterocycles. The summed E-state index contributed by atoms with van der Waals surface area (Å²) in [5.74, 6) is -0.382. The Morgan fingerprint density at radius 1 is 1.50 bits per heavy atom. The molecule has 7 heteroatoms. The van der Waals surface area contributed by atoms with Gasteiger partial charge in [-0.05, 0) is 25.7 Å². The first-order chi connectivity index (χ1) is 8.63. The third-order valence-electron chi connectivity index (χ3n) is 3.58. The van der Waals surface area contributed by atoms with Crippen LogP contribution in [0.2, 0.25) is 0 Å². The molecular weight excluding hydrogens is 254 g/mol. The predicted octanol–water partition coefficient (Wildman–Crippen LogP) is 1.24. The third kappa shape index (κ3) is 2.24. The lowest BCUT2D eigenvalue weighted by atomic mass is 9.74. The van der Waals surface area contributed by atoms with Gasteiger partial charge in [0, 0.05) is 5.54 Å². The van der Waals surface area contributed by atoms with Crippen molar-refractivity contribution in [1.29, 1.82) is 0 Å². The first kappa shape index (κ1) is 13.4. The lowest BCUT2D eigenvalue weighted by Gasteiger charge is -2.43. The molecule has 0 saturated heterocycles. The van der Waals surface area contributed by atoms with Crippen molar-refractivity contribution in [2.45, 2.75) is 49.9 Å². The fraction of sp³-hybridized carbons (Fsp3) is 0.727. The number of hydrogen-bond acceptors (Lipinski definition) is 5. The van der Waals surface area contributed by atoms with Crippen LogP contribution in [0.15, 0.2) is 5.16 Å². The number of aliphatic hydroxyl groups excluding tert-OH is 1. The van der Waals surface area contributed by atoms with Gasteiger partial charge in [-0.3, -0.25) is 9.36 Å². The number of carboxylic acid groups (broad SMARTS) is 1. The lowest BCUT2D eigenvalue weighted by Crippen LogP contribution is -2.41. The molecule has 2 rings (SSSR count). The summed E-state index contributed by atoms with van der Waals surface area (Å²) in [6, 6.07) is 0. The van der Waals surface area contributed by atoms with E-state index in [4.69, 9.17) is 5.11 Å². The van der Waals surface area contributed by atoms with E-state index < -0.39 is 5.97 Å². The largest absolute Gasteiger partial charge is 0.481 e. The van der Waals surface area contributed by atoms with E-state index in [1.807, 2.05) is 4.57 Å². The summed E-state index contributed by atoms with van der Waals surface area (Å²) in [6.45, 7) is 1.94. The first-order valence-electron chi connectivity index (χ1n) is 6.03. The second-order valence-electron chi connectivity index (χ2n) is 4.51. The summed E-state index contributed by atoms with van der Waals surface area (Å²) in [5, 5.41) is 26.6. The van der Waals surface area contributed by atoms with Gasteiger partial charge in [0.05, 0.1) is 5.75 Å². The Morgan fingerprint density at radius 2 is 2.22 bits per heavy atom. The van der Waals surface area contributed by atoms with E-state index in [2.05, 4.69) is 17.1 Å². The van der Waals surface area contributed by atoms with Crippen molar-refractivity contribution < 1.29 is 15.0 Å². The minimum atomic E-state index is -0.876. The maximum absolute atomic E-state index is 10.6. The Labute approximate surface area is 109 Å². The SMILES string of the molecule is CCC1(n2c(CO)nnc2SCC(=O)O)CCC1. The van der Waals surface area contributed by atoms with E-state index in [9.17, 15) is 9.90 Å². The van der Waals surface area contributed by atoms with E-state index in [0.717, 1.165) is 37.4 Å². The lowest BCUT2D eigenvalue weighted by molar-refractivity contribution is -0.133. The van der Waals surface area contributed by atoms with Crippen molar-refractivity contribution >= 4 is 17.7 Å². The number of thioether (sulfide) groups is 1. The van der Waals surface area contributed by atoms with Gasteiger partial charge < -0.3 is 10.2 Å². The number of aliphatic carboxylic acids is 1. The topological polar surface area (TPSA) is 88.2 Å². The molecule has 0 aliphatic heterocycles. The normalized spacial score (nSPS) is 17.4. The van der Waals surface area contributed by atoms with Crippen molar-refractivity contribution in [1.82, 2.24) is 14.8 Å². The molecule has 1 aliphatic carbocycles. The predicted molar refractivity (Wildman–Crippen MR) is 66.4 cm³/mol. The number of rotatable bonds is 6. The average Bonchev–Trinajstić information content (AvgIpc) is 2.69. The molecule has 0 spiro atoms. The van der Waals surface area contributed by atoms with Crippen LogP contribution >= 0.6 is 11.8 Å². The van der Waals surface area contributed by atoms with Crippen molar-refractivity contribution in [2.75, 3.05) is 5.75 Å². The maximum atomic E-state index is 10.6. The molecule has 1 fully saturated rings. The van der Waals surface area contributed by atoms with E-state index >= 15 is 0 Å². The molecule has 0 radical (unpaired) electrons. The Hall–Kier alpha value is -1.08. The van der Waals surface area contributed by atoms with Gasteiger partial charge in [0.25, 0.3) is 0 Å². The smallest absolute Gasteiger partial charge is 0.313 e. The van der Waals surface area contributed by atoms with Crippen LogP contribution in [0, 0.1) is 0 Å². The van der Waals surface area contributed by atoms with Gasteiger partial charge in [0.15, 0.2) is 11.0 Å². The minimum Gasteiger partial charge on any atom is -0.481 e. The van der Waals surface area contributed by atoms with Crippen LogP contribution in [0.1, 0.15) is 38.4 Å². The van der Waals surface area contributed by atoms with E-state index in [1.165, 1.54) is 0 Å². The number of aliphatic hydroxyl groups is 1. The molecule has 1 aromatic rings. The fourth-order valence-corrected chi connectivity index (χ4v) is 3.20. The van der Waals surface area contributed by atoms with Gasteiger partial charge in [0.1, 0.15) is 6.61 Å². The minimum absolute atomic E-state index is 0.0254. The van der Waals surface area contributed by atoms with Crippen molar-refractivity contribution in [3.8, 4) is 0 Å². The fourth-order valence-electron chi connectivity index (χ4n) is 2.42. The molecular formula is C11H17N3O3S. The zero-order valence-corrected chi connectivity index (χ0v) is 11.1. The highest BCUT2D eigenvalue weighted by Gasteiger charge is 2.40. The summed E-state index contributed by atoms with van der Waals surface area (Å²) in [5.41, 5.74) is -0.0254. The molecule has 100 valence electrons. The van der Waals surface area contributed by atoms with Gasteiger partial charge in [-0.1, -0.05) is 18.7 Å². The summed E-state index contributed by atoms with van der Waals surface area (Å²) >= 11 is 1.16. The quantitative estimate of drug-likeness (QED) is 0.757. The highest BCUT2D eigenvalue weighted by molar-refractivity contribution is 7.99. The van der Waals surface area contributed by atoms with Crippen LogP contribution in [0.5, 0.6) is 0 Å². The summed E-state index contributed by atoms with van der Waals surface area (Å²) < 4.78 is 1.95. The first-order valence-corrected chi connectivity index (χ1v) is 7.02. The number of nitrogens with zero attached hydrogens (tertiary/aromatic N) is 3. The molecule has 1 heterocycles. The zero-order valence-electron chi connectivity index (χ0n) is 10.3. The summed E-state index contributed by atoms with van der Waals surface area (Å²) in [6.07, 6.45) is 4.17. The number of carbonyl (C=O) groups is 1. The molecule has 2 N–H and O–H groups in total. The molecule has 0 unspecified atom stereocenters. The highest BCUT2D eigenvalue weighted by atomic mass is 32.2. The third-order valence-corrected chi connectivity index (χ3v) is 4.50. The molecule has 6 nitrogen and oxygen atoms in total. The molecule has 0 atom stereocenters. The van der Waals surface area contributed by atoms with Gasteiger partial charge in [-0.15, -0.1) is 10.2 Å². The van der Waals surface area contributed by atoms with E-state index in [1.54, 1.807) is 0 Å². The Kier molecular flexibility index (Phi) is 3.91. The number of aromatic nitrogens is 3. The van der Waals surface area contributed by atoms with Crippen LogP contribution in [-0.4, -0.2) is 36.7 Å². The maximum Gasteiger partial charge on any atom is 0.313 e. The van der Waals surface area contributed by atoms with Crippen LogP contribution in [0.3, 0.4) is 0 Å². The second-order valence-corrected chi connectivity index (χ2v) is 5.45. The van der Waals surface area contributed by atoms with Crippen LogP contribution in [0.25, 0.3) is 0 Å². The van der Waals surface area contributed by atoms with Crippen LogP contribution in [-0.2, 0) is 16.9 Å². The Balaban J connectivity index is 2.30. The van der Waals surface area contributed by atoms with E-state index in [0.29, 0.717) is 11.0 Å². The van der Waals surface area contributed by atoms with E-state index in [-0.39, 0.29) is 17.9 Å². The molecule has 1 aliphatic rings. The number of carboxylic acids is 1. The summed E-state index contributed by atoms with van der Waals surface area (Å²) in [4.78, 5) is 10.6. The van der Waals surface area contributed by atoms with Gasteiger partial charge in [-0.25, -0.2) is 0 Å². The van der Waals surface area contributed by atoms with Crippen LogP contribution < -0.4 is 0 Å². The average molecular weight is 271 g/mol. The monoisotopic (exact) mass is 271 g/mol. The van der Waals surface area contributed by atoms with Crippen LogP contribution in [0.4, 0.5) is 0 Å². The summed E-state index contributed by atoms with van der Waals surface area (Å²) in [7, 11) is 0. The van der Waals surface area contributed by atoms with Crippen molar-refractivity contribution in [3.05, 3.63) is 5.82 Å². The zero-order chi connectivity index (χ0) is 13.2. The Bertz CT molecular complexity index is 437. The van der Waals surface area contributed by atoms with Crippen molar-refractivity contribution in [3.63, 3.8) is 0 Å². The molecule has 1 saturated carbocycles. The molecule has 18 heavy (non-hydrogen) atoms. The van der Waals surface area contributed by atoms with Gasteiger partial charge in [0.2, 0.25) is 0 Å². The molecule has 0 aromatic carbocycles. The molecule has 0 amide bonds. The second kappa shape index (κ2) is 5.27. The van der Waals surface area contributed by atoms with Crippen molar-refractivity contribution in [2.24, 2.45) is 0 Å². The number of hydrogen-bond donors (Lipinski definition) is 2. The standard InChI is InChI=1S/C11H17N3O3S/c1-2-11(4-3-5-11)14-8(6-15)12-13-10(14)18-7-9(16)17/h15H,2-7H2,1H3,(H,16,17). The molecule has 0 bridgehead atoms. The van der Waals surface area contributed by atoms with Gasteiger partial charge in [-0.2, -0.15) is 0 Å². The van der Waals surface area contributed by atoms with Gasteiger partial charge >= 0.3 is 5.97 Å².